The molecule has 1 amide bonds. The summed E-state index contributed by atoms with van der Waals surface area (Å²) in [7, 11) is 0. The maximum Gasteiger partial charge on any atom is 0.254 e. The lowest BCUT2D eigenvalue weighted by Crippen LogP contribution is -2.30. The Bertz CT molecular complexity index is 926. The summed E-state index contributed by atoms with van der Waals surface area (Å²) >= 11 is 0. The number of rotatable bonds is 3. The molecule has 0 atom stereocenters. The Hall–Kier alpha value is -3.14. The molecule has 2 aromatic carbocycles. The molecule has 0 bridgehead atoms. The van der Waals surface area contributed by atoms with E-state index < -0.39 is 0 Å². The van der Waals surface area contributed by atoms with Crippen molar-refractivity contribution in [2.24, 2.45) is 0 Å². The highest BCUT2D eigenvalue weighted by Crippen LogP contribution is 2.21. The van der Waals surface area contributed by atoms with Crippen molar-refractivity contribution in [3.8, 4) is 0 Å². The fourth-order valence-electron chi connectivity index (χ4n) is 3.32. The minimum atomic E-state index is -0.0420. The Kier molecular flexibility index (Phi) is 4.40. The molecule has 130 valence electrons. The number of amides is 1. The average molecular weight is 345 g/mol. The highest BCUT2D eigenvalue weighted by atomic mass is 16.3. The Labute approximate surface area is 152 Å². The van der Waals surface area contributed by atoms with E-state index >= 15 is 0 Å². The highest BCUT2D eigenvalue weighted by Gasteiger charge is 2.22. The van der Waals surface area contributed by atoms with E-state index in [1.807, 2.05) is 29.2 Å². The van der Waals surface area contributed by atoms with E-state index in [0.717, 1.165) is 18.6 Å². The van der Waals surface area contributed by atoms with E-state index in [1.165, 1.54) is 5.56 Å². The van der Waals surface area contributed by atoms with Gasteiger partial charge in [0.15, 0.2) is 5.78 Å². The number of ketones is 1. The van der Waals surface area contributed by atoms with Crippen molar-refractivity contribution >= 4 is 11.7 Å². The smallest absolute Gasteiger partial charge is 0.254 e. The number of benzene rings is 2. The predicted molar refractivity (Wildman–Crippen MR) is 98.1 cm³/mol. The number of aryl methyl sites for hydroxylation is 1. The van der Waals surface area contributed by atoms with Crippen LogP contribution in [0.4, 0.5) is 0 Å². The zero-order valence-corrected chi connectivity index (χ0v) is 14.4. The van der Waals surface area contributed by atoms with Crippen LogP contribution in [-0.4, -0.2) is 23.1 Å². The van der Waals surface area contributed by atoms with Crippen LogP contribution in [0.25, 0.3) is 0 Å². The van der Waals surface area contributed by atoms with Crippen molar-refractivity contribution in [3.05, 3.63) is 94.9 Å². The Morgan fingerprint density at radius 3 is 2.31 bits per heavy atom. The standard InChI is InChI=1S/C22H19NO3/c24-21(17-5-2-1-3-6-17)18-8-10-19(11-9-18)22(25)23-13-4-7-16-12-14-26-20(16)15-23/h1-3,5-6,8-12,14H,4,7,13,15H2. The third-order valence-electron chi connectivity index (χ3n) is 4.76. The van der Waals surface area contributed by atoms with Gasteiger partial charge in [0.1, 0.15) is 5.76 Å². The summed E-state index contributed by atoms with van der Waals surface area (Å²) in [6.45, 7) is 1.19. The number of nitrogens with zero attached hydrogens (tertiary/aromatic N) is 1. The molecule has 2 heterocycles. The topological polar surface area (TPSA) is 50.5 Å². The van der Waals surface area contributed by atoms with Crippen LogP contribution < -0.4 is 0 Å². The van der Waals surface area contributed by atoms with Gasteiger partial charge in [-0.3, -0.25) is 9.59 Å². The molecular weight excluding hydrogens is 326 g/mol. The van der Waals surface area contributed by atoms with Crippen LogP contribution in [-0.2, 0) is 13.0 Å². The SMILES string of the molecule is O=C(c1ccccc1)c1ccc(C(=O)N2CCCc3ccoc3C2)cc1. The largest absolute Gasteiger partial charge is 0.467 e. The van der Waals surface area contributed by atoms with Crippen molar-refractivity contribution in [1.82, 2.24) is 4.90 Å². The number of hydrogen-bond donors (Lipinski definition) is 0. The minimum Gasteiger partial charge on any atom is -0.467 e. The van der Waals surface area contributed by atoms with E-state index in [2.05, 4.69) is 0 Å². The summed E-state index contributed by atoms with van der Waals surface area (Å²) in [5.41, 5.74) is 3.00. The molecule has 3 aromatic rings. The normalized spacial score (nSPS) is 13.8. The third-order valence-corrected chi connectivity index (χ3v) is 4.76. The number of carbonyl (C=O) groups is 2. The van der Waals surface area contributed by atoms with Gasteiger partial charge < -0.3 is 9.32 Å². The van der Waals surface area contributed by atoms with Gasteiger partial charge in [-0.05, 0) is 36.6 Å². The Balaban J connectivity index is 1.52. The molecule has 0 radical (unpaired) electrons. The lowest BCUT2D eigenvalue weighted by Gasteiger charge is -2.20. The van der Waals surface area contributed by atoms with E-state index in [4.69, 9.17) is 4.42 Å². The lowest BCUT2D eigenvalue weighted by molar-refractivity contribution is 0.0735. The summed E-state index contributed by atoms with van der Waals surface area (Å²) in [5, 5.41) is 0. The minimum absolute atomic E-state index is 0.0343. The van der Waals surface area contributed by atoms with E-state index in [1.54, 1.807) is 42.7 Å². The van der Waals surface area contributed by atoms with Crippen LogP contribution in [0.2, 0.25) is 0 Å². The maximum absolute atomic E-state index is 12.8. The summed E-state index contributed by atoms with van der Waals surface area (Å²) in [6, 6.07) is 18.0. The quantitative estimate of drug-likeness (QED) is 0.672. The summed E-state index contributed by atoms with van der Waals surface area (Å²) in [5.74, 6) is 0.791. The second-order valence-electron chi connectivity index (χ2n) is 6.47. The fourth-order valence-corrected chi connectivity index (χ4v) is 3.32. The molecule has 0 saturated heterocycles. The van der Waals surface area contributed by atoms with Crippen LogP contribution in [0.15, 0.2) is 71.3 Å². The van der Waals surface area contributed by atoms with Gasteiger partial charge in [-0.25, -0.2) is 0 Å². The Morgan fingerprint density at radius 1 is 0.846 bits per heavy atom. The second kappa shape index (κ2) is 7.00. The molecule has 26 heavy (non-hydrogen) atoms. The lowest BCUT2D eigenvalue weighted by atomic mass is 10.0. The van der Waals surface area contributed by atoms with Gasteiger partial charge >= 0.3 is 0 Å². The van der Waals surface area contributed by atoms with Crippen LogP contribution >= 0.6 is 0 Å². The van der Waals surface area contributed by atoms with Crippen LogP contribution in [0, 0.1) is 0 Å². The number of carbonyl (C=O) groups excluding carboxylic acids is 2. The van der Waals surface area contributed by atoms with E-state index in [-0.39, 0.29) is 11.7 Å². The molecule has 1 aliphatic heterocycles. The molecule has 1 aliphatic rings. The highest BCUT2D eigenvalue weighted by molar-refractivity contribution is 6.09. The maximum atomic E-state index is 12.8. The molecule has 4 nitrogen and oxygen atoms in total. The number of furan rings is 1. The molecule has 0 saturated carbocycles. The molecular formula is C22H19NO3. The summed E-state index contributed by atoms with van der Waals surface area (Å²) in [4.78, 5) is 27.1. The molecule has 0 spiro atoms. The van der Waals surface area contributed by atoms with Crippen LogP contribution in [0.3, 0.4) is 0 Å². The van der Waals surface area contributed by atoms with Gasteiger partial charge in [0.2, 0.25) is 0 Å². The van der Waals surface area contributed by atoms with Crippen molar-refractivity contribution in [2.45, 2.75) is 19.4 Å². The van der Waals surface area contributed by atoms with Crippen LogP contribution in [0.5, 0.6) is 0 Å². The average Bonchev–Trinajstić information content (AvgIpc) is 3.04. The van der Waals surface area contributed by atoms with Gasteiger partial charge in [-0.2, -0.15) is 0 Å². The molecule has 0 aliphatic carbocycles. The zero-order valence-electron chi connectivity index (χ0n) is 14.4. The van der Waals surface area contributed by atoms with Crippen molar-refractivity contribution in [1.29, 1.82) is 0 Å². The van der Waals surface area contributed by atoms with Crippen molar-refractivity contribution < 1.29 is 14.0 Å². The first-order valence-electron chi connectivity index (χ1n) is 8.77. The van der Waals surface area contributed by atoms with Gasteiger partial charge in [0.25, 0.3) is 5.91 Å². The molecule has 4 heteroatoms. The number of fused-ring (bicyclic) bond motifs is 1. The van der Waals surface area contributed by atoms with E-state index in [0.29, 0.717) is 29.8 Å². The van der Waals surface area contributed by atoms with E-state index in [9.17, 15) is 9.59 Å². The Morgan fingerprint density at radius 2 is 1.54 bits per heavy atom. The first-order valence-corrected chi connectivity index (χ1v) is 8.77. The first-order chi connectivity index (χ1) is 12.7. The van der Waals surface area contributed by atoms with Gasteiger partial charge in [-0.15, -0.1) is 0 Å². The number of hydrogen-bond acceptors (Lipinski definition) is 3. The first kappa shape index (κ1) is 16.3. The van der Waals surface area contributed by atoms with Crippen molar-refractivity contribution in [3.63, 3.8) is 0 Å². The monoisotopic (exact) mass is 345 g/mol. The van der Waals surface area contributed by atoms with Gasteiger partial charge in [0.05, 0.1) is 12.8 Å². The second-order valence-corrected chi connectivity index (χ2v) is 6.47. The fraction of sp³-hybridized carbons (Fsp3) is 0.182. The zero-order chi connectivity index (χ0) is 17.9. The molecule has 0 unspecified atom stereocenters. The third kappa shape index (κ3) is 3.18. The molecule has 1 aromatic heterocycles. The molecule has 4 rings (SSSR count). The van der Waals surface area contributed by atoms with Gasteiger partial charge in [-0.1, -0.05) is 42.5 Å². The van der Waals surface area contributed by atoms with Crippen molar-refractivity contribution in [2.75, 3.05) is 6.54 Å². The molecule has 0 fully saturated rings. The predicted octanol–water partition coefficient (Wildman–Crippen LogP) is 4.10. The van der Waals surface area contributed by atoms with Crippen LogP contribution in [0.1, 0.15) is 44.0 Å². The molecule has 0 N–H and O–H groups in total. The van der Waals surface area contributed by atoms with Gasteiger partial charge in [0, 0.05) is 23.2 Å². The summed E-state index contributed by atoms with van der Waals surface area (Å²) in [6.07, 6.45) is 3.53. The summed E-state index contributed by atoms with van der Waals surface area (Å²) < 4.78 is 5.51.